The molecule has 0 unspecified atom stereocenters. The van der Waals surface area contributed by atoms with E-state index in [2.05, 4.69) is 85.5 Å². The van der Waals surface area contributed by atoms with Gasteiger partial charge in [0.2, 0.25) is 11.6 Å². The van der Waals surface area contributed by atoms with Crippen molar-refractivity contribution in [3.05, 3.63) is 194 Å². The van der Waals surface area contributed by atoms with Crippen LogP contribution < -0.4 is 10.6 Å². The summed E-state index contributed by atoms with van der Waals surface area (Å²) in [6.07, 6.45) is -1.28. The molecule has 0 spiro atoms. The summed E-state index contributed by atoms with van der Waals surface area (Å²) in [6.45, 7) is 6.06. The second-order valence-corrected chi connectivity index (χ2v) is 51.9. The number of aliphatic hydroxyl groups is 1. The van der Waals surface area contributed by atoms with E-state index in [-0.39, 0.29) is 41.6 Å². The van der Waals surface area contributed by atoms with Crippen LogP contribution in [0.4, 0.5) is 26.3 Å². The fourth-order valence-electron chi connectivity index (χ4n) is 11.3. The van der Waals surface area contributed by atoms with E-state index in [1.54, 1.807) is 113 Å². The fraction of sp³-hybridized carbons (Fsp3) is 0.179. The molecule has 8 aromatic heterocycles. The Morgan fingerprint density at radius 2 is 0.938 bits per heavy atom. The van der Waals surface area contributed by atoms with Crippen molar-refractivity contribution in [3.8, 4) is 79.8 Å². The Hall–Kier alpha value is -9.47. The molecule has 0 bridgehead atoms. The molecule has 2 aliphatic carbocycles. The summed E-state index contributed by atoms with van der Waals surface area (Å²) in [4.78, 5) is 62.6. The van der Waals surface area contributed by atoms with Crippen LogP contribution in [0.1, 0.15) is 36.8 Å². The molecule has 484 valence electrons. The van der Waals surface area contributed by atoms with Gasteiger partial charge in [-0.15, -0.1) is 20.4 Å². The van der Waals surface area contributed by atoms with E-state index in [1.165, 1.54) is 0 Å². The number of pyridine rings is 4. The first-order valence-corrected chi connectivity index (χ1v) is 51.1. The molecule has 0 atom stereocenters. The summed E-state index contributed by atoms with van der Waals surface area (Å²) in [5.41, 5.74) is 6.50. The van der Waals surface area contributed by atoms with E-state index in [0.717, 1.165) is 33.0 Å². The molecular weight excluding hydrogens is 1550 g/mol. The van der Waals surface area contributed by atoms with E-state index in [1.807, 2.05) is 115 Å². The zero-order chi connectivity index (χ0) is 69.1. The molecule has 20 nitrogen and oxygen atoms in total. The van der Waals surface area contributed by atoms with E-state index < -0.39 is 48.9 Å². The van der Waals surface area contributed by atoms with Crippen LogP contribution >= 0.6 is 39.5 Å². The number of hydrogen-bond donors (Lipinski definition) is 3. The number of hydrogen-bond acceptors (Lipinski definition) is 16. The molecule has 0 radical (unpaired) electrons. The van der Waals surface area contributed by atoms with Crippen molar-refractivity contribution >= 4 is 98.3 Å². The van der Waals surface area contributed by atoms with Crippen LogP contribution in [0.3, 0.4) is 0 Å². The number of halogens is 8. The Labute approximate surface area is 578 Å². The number of alkyl halides is 6. The first-order chi connectivity index (χ1) is 46.3. The van der Waals surface area contributed by atoms with E-state index in [4.69, 9.17) is 15.2 Å². The molecule has 8 heterocycles. The number of ketones is 1. The minimum absolute atomic E-state index is 0.0650. The average molecular weight is 1600 g/mol. The Kier molecular flexibility index (Phi) is 19.8. The van der Waals surface area contributed by atoms with Crippen molar-refractivity contribution in [2.75, 3.05) is 0 Å². The average Bonchev–Trinajstić information content (AvgIpc) is 1.06. The SMILES string of the molecule is C[Si](C)(C)C#N.N#CC1(O)CC(NC(=O)C(F)(F)F)(c2ccc(-c3nc4ccn5c(-c6ncccn6)nnc5c4cc3-c3ccccc3)cc2)C1.O=C1CC(NC(=O)C(F)(F)F)(c2ccc(-c3nc4ccn5c(-c6ncccn6)nnc5c4cc3-c3ccccc3)cc2)C1.[I][Zn][I]. The maximum absolute atomic E-state index is 13.2. The zero-order valence-corrected chi connectivity index (χ0v) is 59.6. The Balaban J connectivity index is 0.000000175. The number of nitrogens with one attached hydrogen (secondary N) is 2. The molecule has 14 rings (SSSR count). The summed E-state index contributed by atoms with van der Waals surface area (Å²) >= 11 is 4.93. The number of benzene rings is 4. The predicted octanol–water partition coefficient (Wildman–Crippen LogP) is 13.5. The van der Waals surface area contributed by atoms with Gasteiger partial charge >= 0.3 is 73.8 Å². The number of Topliss-reactive ketones (excluding diaryl/α,β-unsaturated/α-hetero) is 1. The predicted molar refractivity (Wildman–Crippen MR) is 363 cm³/mol. The molecule has 30 heteroatoms. The monoisotopic (exact) mass is 1600 g/mol. The van der Waals surface area contributed by atoms with Crippen LogP contribution in [0, 0.1) is 22.3 Å². The molecule has 3 N–H and O–H groups in total. The molecule has 12 aromatic rings. The van der Waals surface area contributed by atoms with Gasteiger partial charge in [-0.1, -0.05) is 129 Å². The van der Waals surface area contributed by atoms with E-state index in [9.17, 15) is 51.1 Å². The number of rotatable bonds is 10. The molecule has 2 aliphatic rings. The van der Waals surface area contributed by atoms with Gasteiger partial charge in [0.05, 0.1) is 39.6 Å². The molecule has 2 fully saturated rings. The Morgan fingerprint density at radius 3 is 1.29 bits per heavy atom. The Morgan fingerprint density at radius 1 is 0.567 bits per heavy atom. The van der Waals surface area contributed by atoms with Gasteiger partial charge < -0.3 is 15.7 Å². The first kappa shape index (κ1) is 68.9. The second kappa shape index (κ2) is 27.9. The molecular formula is C67H50F6I2N16O4SiZn. The maximum atomic E-state index is 13.2. The second-order valence-electron chi connectivity index (χ2n) is 23.7. The number of aromatic nitrogens is 12. The van der Waals surface area contributed by atoms with Crippen LogP contribution in [0.5, 0.6) is 0 Å². The number of amides is 2. The summed E-state index contributed by atoms with van der Waals surface area (Å²) in [5.74, 6) is -2.64. The molecule has 97 heavy (non-hydrogen) atoms. The Bertz CT molecular complexity index is 5010. The molecule has 2 saturated carbocycles. The standard InChI is InChI=1S/C32H21F3N8O2.C31H20F3N7O2.C4H9NSi.2HI.Zn/c33-32(34,35)29(44)40-31(16-30(45,17-31)18-36)21-9-7-20(8-10-21)25-22(19-5-2-1-3-6-19)15-23-24(39-25)11-14-43-27(23)41-42-28(43)26-37-12-4-13-38-26;32-31(33,34)29(43)38-30(16-21(42)17-30)20-9-7-19(8-10-20)25-22(18-5-2-1-3-6-18)15-23-24(37-25)11-14-41-27(23)39-40-28(41)26-35-12-4-13-36-26;1-6(2,3)4-5;;;/h1-15,45H,16-17H2,(H,40,44);1-15H,16-17H2,(H,38,43);1-3H3;2*1H;/q;;;;;+2/p-2. The van der Waals surface area contributed by atoms with Crippen LogP contribution in [0.2, 0.25) is 19.6 Å². The molecule has 2 amide bonds. The minimum atomic E-state index is -5.13. The van der Waals surface area contributed by atoms with Crippen molar-refractivity contribution in [3.63, 3.8) is 0 Å². The van der Waals surface area contributed by atoms with Crippen LogP contribution in [0.15, 0.2) is 183 Å². The number of fused-ring (bicyclic) bond motifs is 6. The quantitative estimate of drug-likeness (QED) is 0.0496. The van der Waals surface area contributed by atoms with Gasteiger partial charge in [-0.2, -0.15) is 31.6 Å². The van der Waals surface area contributed by atoms with E-state index >= 15 is 0 Å². The molecule has 0 saturated heterocycles. The third kappa shape index (κ3) is 14.8. The van der Waals surface area contributed by atoms with Crippen molar-refractivity contribution in [1.82, 2.24) is 69.7 Å². The summed E-state index contributed by atoms with van der Waals surface area (Å²) in [6, 6.07) is 45.2. The number of nitrogens with zero attached hydrogens (tertiary/aromatic N) is 14. The summed E-state index contributed by atoms with van der Waals surface area (Å²) in [7, 11) is -1.26. The number of carbonyl (C=O) groups is 3. The van der Waals surface area contributed by atoms with Crippen LogP contribution in [-0.2, 0) is 35.6 Å². The fourth-order valence-corrected chi connectivity index (χ4v) is 11.3. The zero-order valence-electron chi connectivity index (χ0n) is 51.3. The van der Waals surface area contributed by atoms with Gasteiger partial charge in [-0.25, -0.2) is 35.2 Å². The van der Waals surface area contributed by atoms with Gasteiger partial charge in [0.1, 0.15) is 5.78 Å². The number of carbonyl (C=O) groups excluding carboxylic acids is 3. The first-order valence-electron chi connectivity index (χ1n) is 29.5. The molecule has 4 aromatic carbocycles. The normalized spacial score (nSPS) is 16.3. The topological polar surface area (TPSA) is 281 Å². The molecule has 0 aliphatic heterocycles. The number of nitriles is 2. The van der Waals surface area contributed by atoms with Gasteiger partial charge in [-0.05, 0) is 58.7 Å². The van der Waals surface area contributed by atoms with Crippen molar-refractivity contribution in [2.45, 2.75) is 74.4 Å². The van der Waals surface area contributed by atoms with Gasteiger partial charge in [0.25, 0.3) is 0 Å². The van der Waals surface area contributed by atoms with Gasteiger partial charge in [-0.3, -0.25) is 23.2 Å². The van der Waals surface area contributed by atoms with Crippen molar-refractivity contribution < 1.29 is 55.9 Å². The van der Waals surface area contributed by atoms with Gasteiger partial charge in [0, 0.05) is 102 Å². The summed E-state index contributed by atoms with van der Waals surface area (Å²) in [5, 5.41) is 50.9. The van der Waals surface area contributed by atoms with Crippen LogP contribution in [-0.4, -0.2) is 108 Å². The third-order valence-corrected chi connectivity index (χ3v) is 16.5. The van der Waals surface area contributed by atoms with Gasteiger partial charge in [0.15, 0.2) is 36.6 Å². The van der Waals surface area contributed by atoms with E-state index in [0.29, 0.717) is 79.3 Å². The summed E-state index contributed by atoms with van der Waals surface area (Å²) < 4.78 is 82.2. The van der Waals surface area contributed by atoms with Crippen molar-refractivity contribution in [2.24, 2.45) is 0 Å². The van der Waals surface area contributed by atoms with Crippen LogP contribution in [0.25, 0.3) is 101 Å². The van der Waals surface area contributed by atoms with Crippen molar-refractivity contribution in [1.29, 1.82) is 10.5 Å². The third-order valence-electron chi connectivity index (χ3n) is 15.8.